The Bertz CT molecular complexity index is 406. The number of fused-ring (bicyclic) bond motifs is 1. The highest BCUT2D eigenvalue weighted by molar-refractivity contribution is 9.10. The number of benzene rings is 1. The van der Waals surface area contributed by atoms with E-state index in [2.05, 4.69) is 21.2 Å². The van der Waals surface area contributed by atoms with Gasteiger partial charge in [-0.3, -0.25) is 4.79 Å². The van der Waals surface area contributed by atoms with Crippen molar-refractivity contribution in [3.05, 3.63) is 28.2 Å². The first-order valence-corrected chi connectivity index (χ1v) is 6.21. The molecule has 1 heterocycles. The molecule has 0 fully saturated rings. The zero-order valence-corrected chi connectivity index (χ0v) is 10.7. The van der Waals surface area contributed by atoms with E-state index in [0.717, 1.165) is 28.7 Å². The second kappa shape index (κ2) is 4.87. The predicted octanol–water partition coefficient (Wildman–Crippen LogP) is 2.91. The average Bonchev–Trinajstić information content (AvgIpc) is 2.28. The van der Waals surface area contributed by atoms with E-state index in [1.807, 2.05) is 25.1 Å². The molecule has 86 valence electrons. The first-order chi connectivity index (χ1) is 7.72. The topological polar surface area (TPSA) is 38.3 Å². The molecule has 1 unspecified atom stereocenters. The van der Waals surface area contributed by atoms with Crippen molar-refractivity contribution in [2.24, 2.45) is 0 Å². The Morgan fingerprint density at radius 2 is 2.44 bits per heavy atom. The number of carbonyl (C=O) groups is 1. The molecule has 0 spiro atoms. The standard InChI is InChI=1S/C12H14BrNO2/c1-2-16-12(15)9-5-6-14-11-4-3-8(13)7-10(9)11/h3-4,7,9,14H,2,5-6H2,1H3. The van der Waals surface area contributed by atoms with Gasteiger partial charge < -0.3 is 10.1 Å². The Morgan fingerprint density at radius 1 is 1.62 bits per heavy atom. The van der Waals surface area contributed by atoms with Crippen molar-refractivity contribution in [3.8, 4) is 0 Å². The summed E-state index contributed by atoms with van der Waals surface area (Å²) in [5, 5.41) is 3.29. The Hall–Kier alpha value is -1.03. The minimum atomic E-state index is -0.131. The lowest BCUT2D eigenvalue weighted by atomic mass is 9.91. The van der Waals surface area contributed by atoms with Crippen LogP contribution in [0.25, 0.3) is 0 Å². The summed E-state index contributed by atoms with van der Waals surface area (Å²) in [6, 6.07) is 5.95. The average molecular weight is 284 g/mol. The molecule has 1 aliphatic heterocycles. The third kappa shape index (κ3) is 2.21. The smallest absolute Gasteiger partial charge is 0.313 e. The molecule has 2 rings (SSSR count). The van der Waals surface area contributed by atoms with E-state index >= 15 is 0 Å². The van der Waals surface area contributed by atoms with Crippen molar-refractivity contribution in [2.45, 2.75) is 19.3 Å². The summed E-state index contributed by atoms with van der Waals surface area (Å²) in [7, 11) is 0. The van der Waals surface area contributed by atoms with Gasteiger partial charge in [-0.15, -0.1) is 0 Å². The molecule has 1 aliphatic rings. The van der Waals surface area contributed by atoms with Crippen molar-refractivity contribution >= 4 is 27.6 Å². The zero-order chi connectivity index (χ0) is 11.5. The van der Waals surface area contributed by atoms with Crippen LogP contribution in [0.5, 0.6) is 0 Å². The Labute approximate surface area is 103 Å². The maximum absolute atomic E-state index is 11.8. The number of nitrogens with one attached hydrogen (secondary N) is 1. The fourth-order valence-electron chi connectivity index (χ4n) is 1.98. The summed E-state index contributed by atoms with van der Waals surface area (Å²) in [5.41, 5.74) is 2.06. The largest absolute Gasteiger partial charge is 0.466 e. The first kappa shape index (κ1) is 11.5. The molecule has 0 aromatic heterocycles. The normalized spacial score (nSPS) is 18.5. The Kier molecular flexibility index (Phi) is 3.49. The van der Waals surface area contributed by atoms with Gasteiger partial charge in [0, 0.05) is 16.7 Å². The number of esters is 1. The fourth-order valence-corrected chi connectivity index (χ4v) is 2.36. The van der Waals surface area contributed by atoms with Crippen LogP contribution in [0.3, 0.4) is 0 Å². The van der Waals surface area contributed by atoms with Crippen molar-refractivity contribution < 1.29 is 9.53 Å². The molecule has 1 aromatic carbocycles. The van der Waals surface area contributed by atoms with Crippen molar-refractivity contribution in [2.75, 3.05) is 18.5 Å². The molecule has 1 aromatic rings. The lowest BCUT2D eigenvalue weighted by Crippen LogP contribution is -2.24. The predicted molar refractivity (Wildman–Crippen MR) is 66.6 cm³/mol. The highest BCUT2D eigenvalue weighted by atomic mass is 79.9. The minimum absolute atomic E-state index is 0.122. The summed E-state index contributed by atoms with van der Waals surface area (Å²) < 4.78 is 6.09. The van der Waals surface area contributed by atoms with Gasteiger partial charge in [-0.2, -0.15) is 0 Å². The number of anilines is 1. The maximum Gasteiger partial charge on any atom is 0.313 e. The zero-order valence-electron chi connectivity index (χ0n) is 9.13. The van der Waals surface area contributed by atoms with Gasteiger partial charge in [0.15, 0.2) is 0 Å². The van der Waals surface area contributed by atoms with Crippen LogP contribution >= 0.6 is 15.9 Å². The van der Waals surface area contributed by atoms with E-state index in [1.165, 1.54) is 0 Å². The second-order valence-corrected chi connectivity index (χ2v) is 4.67. The number of carbonyl (C=O) groups excluding carboxylic acids is 1. The molecular weight excluding hydrogens is 270 g/mol. The van der Waals surface area contributed by atoms with Gasteiger partial charge in [0.1, 0.15) is 0 Å². The summed E-state index contributed by atoms with van der Waals surface area (Å²) >= 11 is 3.43. The van der Waals surface area contributed by atoms with Crippen LogP contribution in [0.1, 0.15) is 24.8 Å². The number of halogens is 1. The van der Waals surface area contributed by atoms with E-state index in [0.29, 0.717) is 6.61 Å². The van der Waals surface area contributed by atoms with Gasteiger partial charge in [-0.25, -0.2) is 0 Å². The molecular formula is C12H14BrNO2. The van der Waals surface area contributed by atoms with Crippen molar-refractivity contribution in [3.63, 3.8) is 0 Å². The lowest BCUT2D eigenvalue weighted by Gasteiger charge is -2.25. The van der Waals surface area contributed by atoms with E-state index in [4.69, 9.17) is 4.74 Å². The molecule has 0 bridgehead atoms. The van der Waals surface area contributed by atoms with E-state index in [9.17, 15) is 4.79 Å². The summed E-state index contributed by atoms with van der Waals surface area (Å²) in [5.74, 6) is -0.253. The molecule has 0 aliphatic carbocycles. The molecule has 0 saturated carbocycles. The van der Waals surface area contributed by atoms with Gasteiger partial charge in [0.2, 0.25) is 0 Å². The summed E-state index contributed by atoms with van der Waals surface area (Å²) in [6.45, 7) is 3.09. The Balaban J connectivity index is 2.31. The number of hydrogen-bond donors (Lipinski definition) is 1. The summed E-state index contributed by atoms with van der Waals surface area (Å²) in [6.07, 6.45) is 0.794. The molecule has 0 amide bonds. The highest BCUT2D eigenvalue weighted by Crippen LogP contribution is 2.34. The van der Waals surface area contributed by atoms with E-state index in [1.54, 1.807) is 0 Å². The van der Waals surface area contributed by atoms with Gasteiger partial charge in [-0.05, 0) is 37.1 Å². The SMILES string of the molecule is CCOC(=O)C1CCNc2ccc(Br)cc21. The highest BCUT2D eigenvalue weighted by Gasteiger charge is 2.27. The molecule has 1 N–H and O–H groups in total. The monoisotopic (exact) mass is 283 g/mol. The second-order valence-electron chi connectivity index (χ2n) is 3.75. The van der Waals surface area contributed by atoms with Crippen LogP contribution in [-0.4, -0.2) is 19.1 Å². The third-order valence-corrected chi connectivity index (χ3v) is 3.20. The number of rotatable bonds is 2. The van der Waals surface area contributed by atoms with Crippen LogP contribution in [0.15, 0.2) is 22.7 Å². The van der Waals surface area contributed by atoms with Crippen LogP contribution in [0.4, 0.5) is 5.69 Å². The maximum atomic E-state index is 11.8. The van der Waals surface area contributed by atoms with Gasteiger partial charge in [-0.1, -0.05) is 15.9 Å². The van der Waals surface area contributed by atoms with Crippen molar-refractivity contribution in [1.82, 2.24) is 0 Å². The molecule has 16 heavy (non-hydrogen) atoms. The first-order valence-electron chi connectivity index (χ1n) is 5.42. The van der Waals surface area contributed by atoms with Crippen LogP contribution < -0.4 is 5.32 Å². The Morgan fingerprint density at radius 3 is 3.19 bits per heavy atom. The minimum Gasteiger partial charge on any atom is -0.466 e. The molecule has 3 nitrogen and oxygen atoms in total. The van der Waals surface area contributed by atoms with E-state index in [-0.39, 0.29) is 11.9 Å². The quantitative estimate of drug-likeness (QED) is 0.849. The van der Waals surface area contributed by atoms with Gasteiger partial charge in [0.05, 0.1) is 12.5 Å². The molecule has 0 radical (unpaired) electrons. The van der Waals surface area contributed by atoms with Crippen LogP contribution in [0.2, 0.25) is 0 Å². The lowest BCUT2D eigenvalue weighted by molar-refractivity contribution is -0.145. The van der Waals surface area contributed by atoms with E-state index < -0.39 is 0 Å². The van der Waals surface area contributed by atoms with Crippen LogP contribution in [0, 0.1) is 0 Å². The molecule has 0 saturated heterocycles. The number of ether oxygens (including phenoxy) is 1. The van der Waals surface area contributed by atoms with Gasteiger partial charge in [0.25, 0.3) is 0 Å². The van der Waals surface area contributed by atoms with Crippen molar-refractivity contribution in [1.29, 1.82) is 0 Å². The van der Waals surface area contributed by atoms with Gasteiger partial charge >= 0.3 is 5.97 Å². The third-order valence-electron chi connectivity index (χ3n) is 2.71. The molecule has 1 atom stereocenters. The molecule has 4 heteroatoms. The van der Waals surface area contributed by atoms with Crippen LogP contribution in [-0.2, 0) is 9.53 Å². The fraction of sp³-hybridized carbons (Fsp3) is 0.417. The number of hydrogen-bond acceptors (Lipinski definition) is 3. The summed E-state index contributed by atoms with van der Waals surface area (Å²) in [4.78, 5) is 11.8.